The molecule has 6 nitrogen and oxygen atoms in total. The van der Waals surface area contributed by atoms with E-state index in [4.69, 9.17) is 9.47 Å². The van der Waals surface area contributed by atoms with Crippen molar-refractivity contribution in [1.29, 1.82) is 0 Å². The van der Waals surface area contributed by atoms with Crippen molar-refractivity contribution in [3.8, 4) is 5.75 Å². The molecule has 1 heterocycles. The fourth-order valence-electron chi connectivity index (χ4n) is 3.66. The third-order valence-corrected chi connectivity index (χ3v) is 5.30. The normalized spacial score (nSPS) is 12.3. The fourth-order valence-corrected chi connectivity index (χ4v) is 3.66. The number of esters is 1. The van der Waals surface area contributed by atoms with Gasteiger partial charge in [-0.2, -0.15) is 0 Å². The van der Waals surface area contributed by atoms with Crippen molar-refractivity contribution in [3.05, 3.63) is 76.9 Å². The van der Waals surface area contributed by atoms with E-state index in [1.807, 2.05) is 24.3 Å². The molecule has 0 aromatic heterocycles. The molecular formula is C25H27NO5. The Morgan fingerprint density at radius 3 is 2.68 bits per heavy atom. The van der Waals surface area contributed by atoms with Gasteiger partial charge in [0.2, 0.25) is 0 Å². The van der Waals surface area contributed by atoms with E-state index in [0.29, 0.717) is 11.3 Å². The van der Waals surface area contributed by atoms with Crippen LogP contribution in [0.1, 0.15) is 63.1 Å². The number of methoxy groups -OCH3 is 1. The number of carbonyl (C=O) groups excluding carboxylic acids is 3. The largest absolute Gasteiger partial charge is 0.496 e. The summed E-state index contributed by atoms with van der Waals surface area (Å²) in [4.78, 5) is 36.1. The molecule has 6 heteroatoms. The van der Waals surface area contributed by atoms with Gasteiger partial charge in [0.25, 0.3) is 11.8 Å². The molecule has 1 aliphatic rings. The Hall–Kier alpha value is -3.41. The molecule has 0 radical (unpaired) electrons. The van der Waals surface area contributed by atoms with Crippen molar-refractivity contribution in [2.24, 2.45) is 0 Å². The molecule has 0 fully saturated rings. The van der Waals surface area contributed by atoms with E-state index in [0.717, 1.165) is 37.7 Å². The van der Waals surface area contributed by atoms with Crippen molar-refractivity contribution in [2.45, 2.75) is 45.1 Å². The average molecular weight is 421 g/mol. The second-order valence-corrected chi connectivity index (χ2v) is 7.49. The van der Waals surface area contributed by atoms with Crippen molar-refractivity contribution in [3.63, 3.8) is 0 Å². The number of amides is 2. The number of imide groups is 1. The molecule has 1 N–H and O–H groups in total. The van der Waals surface area contributed by atoms with Gasteiger partial charge in [0.15, 0.2) is 0 Å². The van der Waals surface area contributed by atoms with Crippen LogP contribution in [-0.4, -0.2) is 24.9 Å². The van der Waals surface area contributed by atoms with Crippen LogP contribution in [0.15, 0.2) is 49.1 Å². The Kier molecular flexibility index (Phi) is 7.60. The summed E-state index contributed by atoms with van der Waals surface area (Å²) < 4.78 is 10.9. The molecule has 1 aliphatic heterocycles. The molecule has 2 aromatic carbocycles. The van der Waals surface area contributed by atoms with Crippen LogP contribution in [0.3, 0.4) is 0 Å². The number of hydrogen-bond donors (Lipinski definition) is 1. The van der Waals surface area contributed by atoms with Crippen LogP contribution in [0.25, 0.3) is 0 Å². The molecule has 0 saturated carbocycles. The van der Waals surface area contributed by atoms with Crippen molar-refractivity contribution in [2.75, 3.05) is 7.11 Å². The van der Waals surface area contributed by atoms with E-state index < -0.39 is 17.8 Å². The summed E-state index contributed by atoms with van der Waals surface area (Å²) in [6, 6.07) is 10.8. The van der Waals surface area contributed by atoms with E-state index in [9.17, 15) is 14.4 Å². The lowest BCUT2D eigenvalue weighted by Crippen LogP contribution is -2.20. The fraction of sp³-hybridized carbons (Fsp3) is 0.320. The zero-order chi connectivity index (χ0) is 22.2. The Morgan fingerprint density at radius 1 is 1.06 bits per heavy atom. The minimum atomic E-state index is -0.481. The quantitative estimate of drug-likeness (QED) is 0.255. The number of hydrogen-bond acceptors (Lipinski definition) is 5. The number of carbonyl (C=O) groups is 3. The summed E-state index contributed by atoms with van der Waals surface area (Å²) in [7, 11) is 1.59. The van der Waals surface area contributed by atoms with Crippen LogP contribution in [-0.2, 0) is 29.0 Å². The molecule has 0 unspecified atom stereocenters. The molecule has 0 atom stereocenters. The van der Waals surface area contributed by atoms with Crippen LogP contribution < -0.4 is 10.1 Å². The molecule has 2 aromatic rings. The molecule has 3 rings (SSSR count). The standard InChI is InChI=1S/C25H27NO5/c1-3-4-5-6-7-9-17-12-13-19(21(14-17)30-2)16-31-22(27)15-18-10-8-11-20-23(18)25(29)26-24(20)28/h3,8,10-14H,1,4-7,9,15-16H2,2H3,(H,26,28,29). The smallest absolute Gasteiger partial charge is 0.310 e. The zero-order valence-electron chi connectivity index (χ0n) is 17.7. The van der Waals surface area contributed by atoms with Gasteiger partial charge in [0.05, 0.1) is 24.7 Å². The van der Waals surface area contributed by atoms with E-state index >= 15 is 0 Å². The van der Waals surface area contributed by atoms with Crippen LogP contribution in [0.4, 0.5) is 0 Å². The topological polar surface area (TPSA) is 81.7 Å². The monoisotopic (exact) mass is 421 g/mol. The molecule has 31 heavy (non-hydrogen) atoms. The lowest BCUT2D eigenvalue weighted by molar-refractivity contribution is -0.144. The van der Waals surface area contributed by atoms with E-state index in [1.165, 1.54) is 5.56 Å². The second-order valence-electron chi connectivity index (χ2n) is 7.49. The summed E-state index contributed by atoms with van der Waals surface area (Å²) in [5, 5.41) is 2.25. The predicted molar refractivity (Wildman–Crippen MR) is 117 cm³/mol. The minimum Gasteiger partial charge on any atom is -0.496 e. The summed E-state index contributed by atoms with van der Waals surface area (Å²) >= 11 is 0. The molecule has 2 amide bonds. The highest BCUT2D eigenvalue weighted by Crippen LogP contribution is 2.24. The van der Waals surface area contributed by atoms with Crippen LogP contribution in [0, 0.1) is 0 Å². The first kappa shape index (κ1) is 22.3. The first-order valence-electron chi connectivity index (χ1n) is 10.4. The first-order valence-corrected chi connectivity index (χ1v) is 10.4. The number of aryl methyl sites for hydroxylation is 1. The summed E-state index contributed by atoms with van der Waals surface area (Å²) in [6.07, 6.45) is 7.26. The number of nitrogens with one attached hydrogen (secondary N) is 1. The minimum absolute atomic E-state index is 0.0712. The summed E-state index contributed by atoms with van der Waals surface area (Å²) in [5.41, 5.74) is 2.97. The summed E-state index contributed by atoms with van der Waals surface area (Å²) in [6.45, 7) is 3.81. The lowest BCUT2D eigenvalue weighted by Gasteiger charge is -2.12. The highest BCUT2D eigenvalue weighted by molar-refractivity contribution is 6.22. The zero-order valence-corrected chi connectivity index (χ0v) is 17.7. The van der Waals surface area contributed by atoms with Crippen LogP contribution in [0.5, 0.6) is 5.75 Å². The number of rotatable bonds is 11. The maximum absolute atomic E-state index is 12.4. The van der Waals surface area contributed by atoms with Gasteiger partial charge in [-0.25, -0.2) is 0 Å². The Labute approximate surface area is 182 Å². The van der Waals surface area contributed by atoms with Gasteiger partial charge >= 0.3 is 5.97 Å². The van der Waals surface area contributed by atoms with Gasteiger partial charge in [0.1, 0.15) is 12.4 Å². The maximum atomic E-state index is 12.4. The van der Waals surface area contributed by atoms with E-state index in [1.54, 1.807) is 25.3 Å². The molecule has 0 saturated heterocycles. The van der Waals surface area contributed by atoms with Crippen LogP contribution in [0.2, 0.25) is 0 Å². The predicted octanol–water partition coefficient (Wildman–Crippen LogP) is 4.15. The number of fused-ring (bicyclic) bond motifs is 1. The van der Waals surface area contributed by atoms with Gasteiger partial charge in [-0.05, 0) is 48.9 Å². The van der Waals surface area contributed by atoms with Crippen molar-refractivity contribution >= 4 is 17.8 Å². The first-order chi connectivity index (χ1) is 15.0. The van der Waals surface area contributed by atoms with E-state index in [2.05, 4.69) is 11.9 Å². The highest BCUT2D eigenvalue weighted by Gasteiger charge is 2.29. The molecule has 0 aliphatic carbocycles. The third kappa shape index (κ3) is 5.60. The third-order valence-electron chi connectivity index (χ3n) is 5.30. The molecule has 0 bridgehead atoms. The molecular weight excluding hydrogens is 394 g/mol. The number of unbranched alkanes of at least 4 members (excludes halogenated alkanes) is 3. The summed E-state index contributed by atoms with van der Waals surface area (Å²) in [5.74, 6) is -0.721. The highest BCUT2D eigenvalue weighted by atomic mass is 16.5. The Morgan fingerprint density at radius 2 is 1.90 bits per heavy atom. The lowest BCUT2D eigenvalue weighted by atomic mass is 10.0. The molecule has 162 valence electrons. The number of ether oxygens (including phenoxy) is 2. The maximum Gasteiger partial charge on any atom is 0.310 e. The average Bonchev–Trinajstić information content (AvgIpc) is 3.07. The van der Waals surface area contributed by atoms with Crippen molar-refractivity contribution < 1.29 is 23.9 Å². The van der Waals surface area contributed by atoms with Gasteiger partial charge < -0.3 is 9.47 Å². The number of allylic oxidation sites excluding steroid dienone is 1. The molecule has 0 spiro atoms. The SMILES string of the molecule is C=CCCCCCc1ccc(COC(=O)Cc2cccc3c2C(=O)NC3=O)c(OC)c1. The van der Waals surface area contributed by atoms with E-state index in [-0.39, 0.29) is 24.2 Å². The van der Waals surface area contributed by atoms with Gasteiger partial charge in [-0.15, -0.1) is 6.58 Å². The second kappa shape index (κ2) is 10.6. The number of benzene rings is 2. The Bertz CT molecular complexity index is 995. The Balaban J connectivity index is 1.57. The van der Waals surface area contributed by atoms with Gasteiger partial charge in [-0.1, -0.05) is 36.8 Å². The van der Waals surface area contributed by atoms with Crippen molar-refractivity contribution in [1.82, 2.24) is 5.32 Å². The van der Waals surface area contributed by atoms with Crippen LogP contribution >= 0.6 is 0 Å². The van der Waals surface area contributed by atoms with Gasteiger partial charge in [0, 0.05) is 5.56 Å². The van der Waals surface area contributed by atoms with Gasteiger partial charge in [-0.3, -0.25) is 19.7 Å².